The van der Waals surface area contributed by atoms with Crippen LogP contribution in [0.25, 0.3) is 0 Å². The van der Waals surface area contributed by atoms with Gasteiger partial charge in [-0.05, 0) is 43.0 Å². The number of carbonyl (C=O) groups is 2. The summed E-state index contributed by atoms with van der Waals surface area (Å²) >= 11 is 0. The minimum Gasteiger partial charge on any atom is -0.492 e. The fraction of sp³-hybridized carbons (Fsp3) is 0.609. The van der Waals surface area contributed by atoms with E-state index < -0.39 is 15.8 Å². The van der Waals surface area contributed by atoms with Gasteiger partial charge in [0.25, 0.3) is 0 Å². The summed E-state index contributed by atoms with van der Waals surface area (Å²) in [6.07, 6.45) is 3.06. The fourth-order valence-electron chi connectivity index (χ4n) is 4.34. The molecule has 2 atom stereocenters. The predicted octanol–water partition coefficient (Wildman–Crippen LogP) is 1.33. The van der Waals surface area contributed by atoms with E-state index in [2.05, 4.69) is 10.6 Å². The van der Waals surface area contributed by atoms with E-state index in [1.807, 2.05) is 6.07 Å². The molecule has 10 nitrogen and oxygen atoms in total. The molecule has 1 aliphatic heterocycles. The molecule has 1 aliphatic carbocycles. The zero-order valence-electron chi connectivity index (χ0n) is 19.2. The van der Waals surface area contributed by atoms with Crippen LogP contribution >= 0.6 is 0 Å². The molecule has 1 aromatic carbocycles. The number of urea groups is 1. The summed E-state index contributed by atoms with van der Waals surface area (Å²) in [6.45, 7) is 2.71. The Balaban J connectivity index is 1.49. The molecule has 1 saturated heterocycles. The Bertz CT molecular complexity index is 970. The quantitative estimate of drug-likeness (QED) is 0.392. The molecule has 2 aliphatic rings. The molecule has 1 aromatic rings. The number of amides is 3. The topological polar surface area (TPSA) is 138 Å². The minimum atomic E-state index is -3.59. The van der Waals surface area contributed by atoms with Crippen LogP contribution in [-0.2, 0) is 19.4 Å². The van der Waals surface area contributed by atoms with Crippen molar-refractivity contribution in [1.29, 1.82) is 5.26 Å². The van der Waals surface area contributed by atoms with Crippen LogP contribution in [0.15, 0.2) is 29.2 Å². The first kappa shape index (κ1) is 25.8. The molecule has 0 bridgehead atoms. The van der Waals surface area contributed by atoms with Gasteiger partial charge in [-0.2, -0.15) is 5.26 Å². The number of nitriles is 1. The first-order valence-corrected chi connectivity index (χ1v) is 13.3. The molecule has 34 heavy (non-hydrogen) atoms. The molecule has 0 aromatic heterocycles. The highest BCUT2D eigenvalue weighted by Gasteiger charge is 2.34. The number of nitrogens with zero attached hydrogens (tertiary/aromatic N) is 2. The molecule has 2 fully saturated rings. The number of carbonyl (C=O) groups excluding carboxylic acids is 2. The highest BCUT2D eigenvalue weighted by atomic mass is 32.2. The van der Waals surface area contributed by atoms with Crippen molar-refractivity contribution < 1.29 is 27.5 Å². The number of hydrogen-bond acceptors (Lipinski definition) is 7. The summed E-state index contributed by atoms with van der Waals surface area (Å²) in [4.78, 5) is 26.3. The zero-order valence-corrected chi connectivity index (χ0v) is 20.0. The third-order valence-electron chi connectivity index (χ3n) is 6.15. The van der Waals surface area contributed by atoms with Crippen LogP contribution in [0.3, 0.4) is 0 Å². The van der Waals surface area contributed by atoms with Gasteiger partial charge in [-0.25, -0.2) is 13.2 Å². The molecule has 3 amide bonds. The van der Waals surface area contributed by atoms with Gasteiger partial charge < -0.3 is 25.0 Å². The fourth-order valence-corrected chi connectivity index (χ4v) is 6.04. The number of rotatable bonds is 9. The molecule has 11 heteroatoms. The molecule has 186 valence electrons. The molecule has 1 heterocycles. The Hall–Kier alpha value is -2.84. The van der Waals surface area contributed by atoms with E-state index in [-0.39, 0.29) is 41.7 Å². The van der Waals surface area contributed by atoms with E-state index >= 15 is 0 Å². The molecule has 2 N–H and O–H groups in total. The van der Waals surface area contributed by atoms with Crippen molar-refractivity contribution in [3.8, 4) is 11.8 Å². The van der Waals surface area contributed by atoms with Gasteiger partial charge in [-0.15, -0.1) is 0 Å². The van der Waals surface area contributed by atoms with Crippen molar-refractivity contribution >= 4 is 21.8 Å². The van der Waals surface area contributed by atoms with Crippen molar-refractivity contribution in [3.05, 3.63) is 24.3 Å². The summed E-state index contributed by atoms with van der Waals surface area (Å²) in [5, 5.41) is 14.0. The van der Waals surface area contributed by atoms with Crippen LogP contribution in [0, 0.1) is 23.2 Å². The smallest absolute Gasteiger partial charge is 0.317 e. The summed E-state index contributed by atoms with van der Waals surface area (Å²) in [5.41, 5.74) is 0. The van der Waals surface area contributed by atoms with Crippen LogP contribution in [0.1, 0.15) is 25.7 Å². The number of benzene rings is 1. The molecule has 1 saturated carbocycles. The lowest BCUT2D eigenvalue weighted by Gasteiger charge is -2.30. The number of hydrogen-bond donors (Lipinski definition) is 2. The zero-order chi connectivity index (χ0) is 24.4. The Labute approximate surface area is 200 Å². The maximum Gasteiger partial charge on any atom is 0.317 e. The molecule has 0 radical (unpaired) electrons. The summed E-state index contributed by atoms with van der Waals surface area (Å²) in [6, 6.07) is 7.92. The maximum atomic E-state index is 13.0. The van der Waals surface area contributed by atoms with E-state index in [9.17, 15) is 18.0 Å². The van der Waals surface area contributed by atoms with Gasteiger partial charge in [0.1, 0.15) is 18.9 Å². The van der Waals surface area contributed by atoms with E-state index in [0.29, 0.717) is 51.4 Å². The van der Waals surface area contributed by atoms with Gasteiger partial charge in [-0.1, -0.05) is 12.8 Å². The Morgan fingerprint density at radius 2 is 1.82 bits per heavy atom. The monoisotopic (exact) mass is 492 g/mol. The second-order valence-corrected chi connectivity index (χ2v) is 10.5. The van der Waals surface area contributed by atoms with E-state index in [1.54, 1.807) is 17.0 Å². The van der Waals surface area contributed by atoms with Gasteiger partial charge in [0.15, 0.2) is 9.84 Å². The van der Waals surface area contributed by atoms with Crippen LogP contribution in [0.4, 0.5) is 4.79 Å². The number of morpholine rings is 1. The highest BCUT2D eigenvalue weighted by molar-refractivity contribution is 7.91. The largest absolute Gasteiger partial charge is 0.492 e. The Morgan fingerprint density at radius 1 is 1.12 bits per heavy atom. The average molecular weight is 493 g/mol. The van der Waals surface area contributed by atoms with Gasteiger partial charge in [-0.3, -0.25) is 4.79 Å². The van der Waals surface area contributed by atoms with Crippen molar-refractivity contribution in [2.45, 2.75) is 30.6 Å². The molecule has 3 rings (SSSR count). The lowest BCUT2D eigenvalue weighted by Crippen LogP contribution is -2.47. The van der Waals surface area contributed by atoms with Crippen LogP contribution in [-0.4, -0.2) is 77.0 Å². The van der Waals surface area contributed by atoms with Crippen LogP contribution in [0.5, 0.6) is 5.75 Å². The van der Waals surface area contributed by atoms with Crippen molar-refractivity contribution in [2.24, 2.45) is 11.8 Å². The van der Waals surface area contributed by atoms with E-state index in [4.69, 9.17) is 14.7 Å². The van der Waals surface area contributed by atoms with Crippen molar-refractivity contribution in [3.63, 3.8) is 0 Å². The second kappa shape index (κ2) is 12.6. The SMILES string of the molecule is N#CCNC(=O)[C@H]1CCCC[C@@H]1CS(=O)(=O)c1ccc(OCCNC(=O)N2CCOCC2)cc1. The molecule has 0 spiro atoms. The van der Waals surface area contributed by atoms with Gasteiger partial charge in [0.05, 0.1) is 36.5 Å². The lowest BCUT2D eigenvalue weighted by atomic mass is 9.80. The summed E-state index contributed by atoms with van der Waals surface area (Å²) in [5.74, 6) is -0.515. The number of ether oxygens (including phenoxy) is 2. The average Bonchev–Trinajstić information content (AvgIpc) is 2.86. The van der Waals surface area contributed by atoms with Crippen LogP contribution in [0.2, 0.25) is 0 Å². The summed E-state index contributed by atoms with van der Waals surface area (Å²) < 4.78 is 36.8. The van der Waals surface area contributed by atoms with E-state index in [1.165, 1.54) is 12.1 Å². The predicted molar refractivity (Wildman–Crippen MR) is 124 cm³/mol. The highest BCUT2D eigenvalue weighted by Crippen LogP contribution is 2.33. The molecular formula is C23H32N4O6S. The summed E-state index contributed by atoms with van der Waals surface area (Å²) in [7, 11) is -3.59. The third-order valence-corrected chi connectivity index (χ3v) is 8.01. The van der Waals surface area contributed by atoms with Crippen LogP contribution < -0.4 is 15.4 Å². The minimum absolute atomic E-state index is 0.0762. The first-order valence-electron chi connectivity index (χ1n) is 11.6. The number of sulfone groups is 1. The Morgan fingerprint density at radius 3 is 2.53 bits per heavy atom. The second-order valence-electron chi connectivity index (χ2n) is 8.46. The maximum absolute atomic E-state index is 13.0. The third kappa shape index (κ3) is 7.33. The molecular weight excluding hydrogens is 460 g/mol. The van der Waals surface area contributed by atoms with Gasteiger partial charge in [0, 0.05) is 19.0 Å². The van der Waals surface area contributed by atoms with Crippen molar-refractivity contribution in [1.82, 2.24) is 15.5 Å². The lowest BCUT2D eigenvalue weighted by molar-refractivity contribution is -0.127. The first-order chi connectivity index (χ1) is 16.4. The Kier molecular flexibility index (Phi) is 9.53. The van der Waals surface area contributed by atoms with Gasteiger partial charge in [0.2, 0.25) is 5.91 Å². The normalized spacial score (nSPS) is 20.7. The standard InChI is InChI=1S/C23H32N4O6S/c24-9-10-25-22(28)21-4-2-1-3-18(21)17-34(30,31)20-7-5-19(6-8-20)33-14-11-26-23(29)27-12-15-32-16-13-27/h5-8,18,21H,1-4,10-17H2,(H,25,28)(H,26,29)/t18-,21+/m1/s1. The number of nitrogens with one attached hydrogen (secondary N) is 2. The molecule has 0 unspecified atom stereocenters. The van der Waals surface area contributed by atoms with E-state index in [0.717, 1.165) is 12.8 Å². The van der Waals surface area contributed by atoms with Crippen molar-refractivity contribution in [2.75, 3.05) is 51.8 Å². The van der Waals surface area contributed by atoms with Gasteiger partial charge >= 0.3 is 6.03 Å².